The summed E-state index contributed by atoms with van der Waals surface area (Å²) in [5.74, 6) is 0. The normalized spacial score (nSPS) is 20.0. The molecule has 1 aliphatic heterocycles. The molecular weight excluding hydrogens is 349 g/mol. The van der Waals surface area contributed by atoms with Crippen LogP contribution in [0.3, 0.4) is 0 Å². The lowest BCUT2D eigenvalue weighted by Crippen LogP contribution is -2.49. The van der Waals surface area contributed by atoms with E-state index < -0.39 is 11.9 Å². The highest BCUT2D eigenvalue weighted by Gasteiger charge is 2.33. The third kappa shape index (κ3) is 4.98. The molecule has 3 rings (SSSR count). The molecule has 1 aromatic rings. The van der Waals surface area contributed by atoms with Crippen LogP contribution >= 0.6 is 0 Å². The molecule has 0 spiro atoms. The van der Waals surface area contributed by atoms with Crippen LogP contribution in [0, 0.1) is 0 Å². The fourth-order valence-corrected chi connectivity index (χ4v) is 3.39. The van der Waals surface area contributed by atoms with Crippen molar-refractivity contribution >= 4 is 6.03 Å². The van der Waals surface area contributed by atoms with E-state index in [1.165, 1.54) is 6.42 Å². The average Bonchev–Trinajstić information content (AvgIpc) is 2.63. The number of piperidine rings is 1. The van der Waals surface area contributed by atoms with Gasteiger partial charge in [0.05, 0.1) is 0 Å². The molecule has 26 heavy (non-hydrogen) atoms. The van der Waals surface area contributed by atoms with Crippen molar-refractivity contribution in [2.24, 2.45) is 0 Å². The van der Waals surface area contributed by atoms with Gasteiger partial charge in [-0.1, -0.05) is 19.3 Å². The summed E-state index contributed by atoms with van der Waals surface area (Å²) in [6.07, 6.45) is 2.88. The topological polar surface area (TPSA) is 67.4 Å². The molecule has 1 aromatic heterocycles. The molecule has 0 bridgehead atoms. The number of carbonyl (C=O) groups is 1. The van der Waals surface area contributed by atoms with Gasteiger partial charge in [0.25, 0.3) is 0 Å². The first-order valence-electron chi connectivity index (χ1n) is 9.04. The summed E-state index contributed by atoms with van der Waals surface area (Å²) in [5, 5.41) is 3.07. The maximum atomic E-state index is 12.7. The molecule has 9 heteroatoms. The summed E-state index contributed by atoms with van der Waals surface area (Å²) in [4.78, 5) is 21.2. The van der Waals surface area contributed by atoms with Crippen LogP contribution in [0.1, 0.15) is 50.6 Å². The van der Waals surface area contributed by atoms with E-state index in [0.717, 1.165) is 37.9 Å². The lowest BCUT2D eigenvalue weighted by Gasteiger charge is -2.33. The van der Waals surface area contributed by atoms with Gasteiger partial charge in [0.2, 0.25) is 0 Å². The number of nitrogens with one attached hydrogen (secondary N) is 1. The first kappa shape index (κ1) is 18.7. The first-order valence-corrected chi connectivity index (χ1v) is 9.04. The molecule has 1 aliphatic carbocycles. The molecule has 0 radical (unpaired) electrons. The van der Waals surface area contributed by atoms with Gasteiger partial charge in [-0.2, -0.15) is 18.2 Å². The van der Waals surface area contributed by atoms with Gasteiger partial charge in [0, 0.05) is 38.2 Å². The van der Waals surface area contributed by atoms with Crippen molar-refractivity contribution in [3.05, 3.63) is 18.0 Å². The van der Waals surface area contributed by atoms with Crippen molar-refractivity contribution < 1.29 is 22.7 Å². The molecule has 0 unspecified atom stereocenters. The van der Waals surface area contributed by atoms with Gasteiger partial charge in [-0.15, -0.1) is 0 Å². The van der Waals surface area contributed by atoms with Gasteiger partial charge >= 0.3 is 18.2 Å². The number of aromatic nitrogens is 2. The van der Waals surface area contributed by atoms with Gasteiger partial charge in [0.1, 0.15) is 6.10 Å². The lowest BCUT2D eigenvalue weighted by molar-refractivity contribution is -0.141. The second-order valence-corrected chi connectivity index (χ2v) is 6.81. The summed E-state index contributed by atoms with van der Waals surface area (Å²) in [6, 6.07) is 0.727. The van der Waals surface area contributed by atoms with Crippen LogP contribution < -0.4 is 10.1 Å². The first-order chi connectivity index (χ1) is 12.4. The molecule has 2 amide bonds. The molecule has 2 aliphatic rings. The molecule has 2 fully saturated rings. The van der Waals surface area contributed by atoms with E-state index in [0.29, 0.717) is 25.9 Å². The van der Waals surface area contributed by atoms with E-state index in [1.807, 2.05) is 0 Å². The molecule has 0 atom stereocenters. The summed E-state index contributed by atoms with van der Waals surface area (Å²) in [5.41, 5.74) is -1.02. The van der Waals surface area contributed by atoms with E-state index in [2.05, 4.69) is 15.3 Å². The number of likely N-dealkylation sites (tertiary alicyclic amines) is 1. The quantitative estimate of drug-likeness (QED) is 0.883. The average molecular weight is 372 g/mol. The highest BCUT2D eigenvalue weighted by atomic mass is 19.4. The monoisotopic (exact) mass is 372 g/mol. The SMILES string of the molecule is O=C(NC1CCCCC1)N1CCC(Oc2nccc(C(F)(F)F)n2)CC1. The Labute approximate surface area is 150 Å². The highest BCUT2D eigenvalue weighted by Crippen LogP contribution is 2.28. The maximum Gasteiger partial charge on any atom is 0.433 e. The second kappa shape index (κ2) is 8.09. The van der Waals surface area contributed by atoms with Crippen LogP contribution in [0.25, 0.3) is 0 Å². The Balaban J connectivity index is 1.47. The standard InChI is InChI=1S/C17H23F3N4O2/c18-17(19,20)14-6-9-21-15(23-14)26-13-7-10-24(11-8-13)16(25)22-12-4-2-1-3-5-12/h6,9,12-13H,1-5,7-8,10-11H2,(H,22,25). The van der Waals surface area contributed by atoms with Crippen LogP contribution in [0.15, 0.2) is 12.3 Å². The number of amides is 2. The van der Waals surface area contributed by atoms with Crippen molar-refractivity contribution in [3.8, 4) is 6.01 Å². The van der Waals surface area contributed by atoms with E-state index in [4.69, 9.17) is 4.74 Å². The number of hydrogen-bond acceptors (Lipinski definition) is 4. The Morgan fingerprint density at radius 3 is 2.50 bits per heavy atom. The zero-order chi connectivity index (χ0) is 18.6. The smallest absolute Gasteiger partial charge is 0.433 e. The predicted molar refractivity (Wildman–Crippen MR) is 87.7 cm³/mol. The number of carbonyl (C=O) groups excluding carboxylic acids is 1. The number of halogens is 3. The number of ether oxygens (including phenoxy) is 1. The number of urea groups is 1. The van der Waals surface area contributed by atoms with Crippen LogP contribution in [-0.4, -0.2) is 46.1 Å². The van der Waals surface area contributed by atoms with Gasteiger partial charge < -0.3 is 15.0 Å². The molecule has 1 N–H and O–H groups in total. The molecule has 6 nitrogen and oxygen atoms in total. The highest BCUT2D eigenvalue weighted by molar-refractivity contribution is 5.74. The Morgan fingerprint density at radius 1 is 1.15 bits per heavy atom. The zero-order valence-corrected chi connectivity index (χ0v) is 14.5. The van der Waals surface area contributed by atoms with Gasteiger partial charge in [-0.3, -0.25) is 0 Å². The van der Waals surface area contributed by atoms with Gasteiger partial charge in [-0.25, -0.2) is 9.78 Å². The largest absolute Gasteiger partial charge is 0.460 e. The minimum atomic E-state index is -4.53. The third-order valence-corrected chi connectivity index (χ3v) is 4.86. The summed E-state index contributed by atoms with van der Waals surface area (Å²) < 4.78 is 43.5. The van der Waals surface area contributed by atoms with Gasteiger partial charge in [-0.05, 0) is 18.9 Å². The lowest BCUT2D eigenvalue weighted by atomic mass is 9.96. The Morgan fingerprint density at radius 2 is 1.85 bits per heavy atom. The molecule has 0 aromatic carbocycles. The van der Waals surface area contributed by atoms with E-state index in [-0.39, 0.29) is 24.2 Å². The van der Waals surface area contributed by atoms with E-state index in [1.54, 1.807) is 4.90 Å². The fraction of sp³-hybridized carbons (Fsp3) is 0.706. The van der Waals surface area contributed by atoms with Crippen LogP contribution in [-0.2, 0) is 6.18 Å². The van der Waals surface area contributed by atoms with Crippen molar-refractivity contribution in [2.75, 3.05) is 13.1 Å². The summed E-state index contributed by atoms with van der Waals surface area (Å²) in [6.45, 7) is 1.00. The second-order valence-electron chi connectivity index (χ2n) is 6.81. The number of nitrogens with zero attached hydrogens (tertiary/aromatic N) is 3. The molecule has 144 valence electrons. The maximum absolute atomic E-state index is 12.7. The third-order valence-electron chi connectivity index (χ3n) is 4.86. The summed E-state index contributed by atoms with van der Waals surface area (Å²) in [7, 11) is 0. The van der Waals surface area contributed by atoms with Crippen molar-refractivity contribution in [2.45, 2.75) is 63.3 Å². The van der Waals surface area contributed by atoms with E-state index in [9.17, 15) is 18.0 Å². The Hall–Kier alpha value is -2.06. The Bertz CT molecular complexity index is 612. The fourth-order valence-electron chi connectivity index (χ4n) is 3.39. The molecule has 1 saturated carbocycles. The predicted octanol–water partition coefficient (Wildman–Crippen LogP) is 3.38. The van der Waals surface area contributed by atoms with Crippen LogP contribution in [0.2, 0.25) is 0 Å². The zero-order valence-electron chi connectivity index (χ0n) is 14.5. The Kier molecular flexibility index (Phi) is 5.83. The number of rotatable bonds is 3. The van der Waals surface area contributed by atoms with Gasteiger partial charge in [0.15, 0.2) is 5.69 Å². The van der Waals surface area contributed by atoms with Crippen molar-refractivity contribution in [1.82, 2.24) is 20.2 Å². The minimum Gasteiger partial charge on any atom is -0.460 e. The van der Waals surface area contributed by atoms with E-state index >= 15 is 0 Å². The van der Waals surface area contributed by atoms with Crippen molar-refractivity contribution in [1.29, 1.82) is 0 Å². The summed E-state index contributed by atoms with van der Waals surface area (Å²) >= 11 is 0. The van der Waals surface area contributed by atoms with Crippen LogP contribution in [0.4, 0.5) is 18.0 Å². The van der Waals surface area contributed by atoms with Crippen molar-refractivity contribution in [3.63, 3.8) is 0 Å². The number of hydrogen-bond donors (Lipinski definition) is 1. The molecular formula is C17H23F3N4O2. The van der Waals surface area contributed by atoms with Crippen LogP contribution in [0.5, 0.6) is 6.01 Å². The number of alkyl halides is 3. The molecule has 2 heterocycles. The molecule has 1 saturated heterocycles. The minimum absolute atomic E-state index is 0.0642.